The predicted octanol–water partition coefficient (Wildman–Crippen LogP) is 3.11. The molecule has 0 bridgehead atoms. The molecule has 0 fully saturated rings. The van der Waals surface area contributed by atoms with Crippen LogP contribution in [0.4, 0.5) is 10.1 Å². The number of anilines is 1. The number of thiophene rings is 1. The smallest absolute Gasteiger partial charge is 0.271 e. The summed E-state index contributed by atoms with van der Waals surface area (Å²) in [4.78, 5) is 0. The normalized spacial score (nSPS) is 11.6. The first-order chi connectivity index (χ1) is 9.92. The zero-order chi connectivity index (χ0) is 15.5. The van der Waals surface area contributed by atoms with Crippen molar-refractivity contribution in [3.05, 3.63) is 46.6 Å². The molecule has 0 amide bonds. The molecule has 0 radical (unpaired) electrons. The van der Waals surface area contributed by atoms with Crippen LogP contribution >= 0.6 is 11.3 Å². The molecule has 2 N–H and O–H groups in total. The summed E-state index contributed by atoms with van der Waals surface area (Å²) in [5.74, 6) is -0.589. The number of benzene rings is 1. The van der Waals surface area contributed by atoms with Gasteiger partial charge in [-0.15, -0.1) is 11.3 Å². The molecule has 2 aromatic rings. The minimum absolute atomic E-state index is 0.0309. The van der Waals surface area contributed by atoms with Crippen molar-refractivity contribution in [1.82, 2.24) is 5.32 Å². The third-order valence-corrected chi connectivity index (χ3v) is 5.69. The number of rotatable bonds is 6. The van der Waals surface area contributed by atoms with E-state index in [0.29, 0.717) is 6.54 Å². The summed E-state index contributed by atoms with van der Waals surface area (Å²) in [5.41, 5.74) is 1.65. The van der Waals surface area contributed by atoms with Crippen molar-refractivity contribution in [3.8, 4) is 0 Å². The highest BCUT2D eigenvalue weighted by molar-refractivity contribution is 7.94. The highest BCUT2D eigenvalue weighted by atomic mass is 32.2. The molecule has 1 aromatic heterocycles. The summed E-state index contributed by atoms with van der Waals surface area (Å²) >= 11 is 1.12. The van der Waals surface area contributed by atoms with E-state index in [1.165, 1.54) is 12.1 Å². The van der Waals surface area contributed by atoms with Crippen molar-refractivity contribution in [2.24, 2.45) is 0 Å². The maximum absolute atomic E-state index is 13.7. The lowest BCUT2D eigenvalue weighted by Crippen LogP contribution is -2.13. The fourth-order valence-corrected chi connectivity index (χ4v) is 4.04. The van der Waals surface area contributed by atoms with Crippen molar-refractivity contribution in [2.45, 2.75) is 24.6 Å². The zero-order valence-electron chi connectivity index (χ0n) is 11.8. The van der Waals surface area contributed by atoms with Crippen LogP contribution in [-0.2, 0) is 16.6 Å². The van der Waals surface area contributed by atoms with Crippen LogP contribution in [0.5, 0.6) is 0 Å². The van der Waals surface area contributed by atoms with Gasteiger partial charge in [0.05, 0.1) is 5.69 Å². The van der Waals surface area contributed by atoms with Crippen LogP contribution in [0.15, 0.2) is 33.9 Å². The van der Waals surface area contributed by atoms with E-state index in [1.807, 2.05) is 6.92 Å². The van der Waals surface area contributed by atoms with Gasteiger partial charge in [0.1, 0.15) is 10.0 Å². The Morgan fingerprint density at radius 2 is 2.05 bits per heavy atom. The van der Waals surface area contributed by atoms with E-state index >= 15 is 0 Å². The highest BCUT2D eigenvalue weighted by Gasteiger charge is 2.18. The van der Waals surface area contributed by atoms with Crippen LogP contribution in [0.2, 0.25) is 0 Å². The van der Waals surface area contributed by atoms with E-state index in [2.05, 4.69) is 10.0 Å². The van der Waals surface area contributed by atoms with Gasteiger partial charge in [0.2, 0.25) is 0 Å². The lowest BCUT2D eigenvalue weighted by atomic mass is 10.2. The predicted molar refractivity (Wildman–Crippen MR) is 83.6 cm³/mol. The van der Waals surface area contributed by atoms with Crippen molar-refractivity contribution in [3.63, 3.8) is 0 Å². The second-order valence-electron chi connectivity index (χ2n) is 4.64. The molecular formula is C14H17FN2O2S2. The Balaban J connectivity index is 2.22. The van der Waals surface area contributed by atoms with Gasteiger partial charge in [0, 0.05) is 6.54 Å². The van der Waals surface area contributed by atoms with Crippen LogP contribution < -0.4 is 10.0 Å². The first-order valence-corrected chi connectivity index (χ1v) is 8.86. The second-order valence-corrected chi connectivity index (χ2v) is 7.46. The van der Waals surface area contributed by atoms with E-state index in [0.717, 1.165) is 29.0 Å². The van der Waals surface area contributed by atoms with Crippen molar-refractivity contribution in [1.29, 1.82) is 0 Å². The van der Waals surface area contributed by atoms with Gasteiger partial charge in [0.25, 0.3) is 10.0 Å². The van der Waals surface area contributed by atoms with Gasteiger partial charge in [-0.25, -0.2) is 12.8 Å². The fraction of sp³-hybridized carbons (Fsp3) is 0.286. The molecule has 0 saturated heterocycles. The molecule has 0 aliphatic heterocycles. The Morgan fingerprint density at radius 1 is 1.29 bits per heavy atom. The Hall–Kier alpha value is -1.44. The molecule has 0 atom stereocenters. The Bertz CT molecular complexity index is 726. The molecule has 2 rings (SSSR count). The maximum atomic E-state index is 13.7. The van der Waals surface area contributed by atoms with Gasteiger partial charge >= 0.3 is 0 Å². The van der Waals surface area contributed by atoms with E-state index in [4.69, 9.17) is 0 Å². The van der Waals surface area contributed by atoms with E-state index < -0.39 is 15.8 Å². The molecule has 0 unspecified atom stereocenters. The summed E-state index contributed by atoms with van der Waals surface area (Å²) in [6, 6.07) is 5.91. The minimum atomic E-state index is -3.76. The topological polar surface area (TPSA) is 58.2 Å². The first kappa shape index (κ1) is 15.9. The average molecular weight is 328 g/mol. The van der Waals surface area contributed by atoms with Crippen molar-refractivity contribution in [2.75, 3.05) is 11.3 Å². The van der Waals surface area contributed by atoms with E-state index in [1.54, 1.807) is 24.4 Å². The lowest BCUT2D eigenvalue weighted by Gasteiger charge is -2.08. The standard InChI is InChI=1S/C14H17FN2O2S2/c1-3-16-8-11-7-14(20-9-11)21(18,19)17-13-6-10(2)4-5-12(13)15/h4-7,9,16-17H,3,8H2,1-2H3. The summed E-state index contributed by atoms with van der Waals surface area (Å²) in [6.07, 6.45) is 0. The van der Waals surface area contributed by atoms with Gasteiger partial charge < -0.3 is 5.32 Å². The Morgan fingerprint density at radius 3 is 2.76 bits per heavy atom. The van der Waals surface area contributed by atoms with Gasteiger partial charge in [-0.3, -0.25) is 4.72 Å². The van der Waals surface area contributed by atoms with E-state index in [-0.39, 0.29) is 9.90 Å². The van der Waals surface area contributed by atoms with Crippen LogP contribution in [0.25, 0.3) is 0 Å². The molecule has 0 aliphatic rings. The Kier molecular flexibility index (Phi) is 4.97. The minimum Gasteiger partial charge on any atom is -0.313 e. The molecule has 0 saturated carbocycles. The fourth-order valence-electron chi connectivity index (χ4n) is 1.77. The molecule has 4 nitrogen and oxygen atoms in total. The van der Waals surface area contributed by atoms with Crippen molar-refractivity contribution < 1.29 is 12.8 Å². The number of hydrogen-bond donors (Lipinski definition) is 2. The van der Waals surface area contributed by atoms with Gasteiger partial charge in [-0.2, -0.15) is 0 Å². The summed E-state index contributed by atoms with van der Waals surface area (Å²) in [6.45, 7) is 5.18. The van der Waals surface area contributed by atoms with Gasteiger partial charge in [-0.05, 0) is 48.2 Å². The summed E-state index contributed by atoms with van der Waals surface area (Å²) < 4.78 is 40.7. The van der Waals surface area contributed by atoms with Crippen LogP contribution in [0, 0.1) is 12.7 Å². The lowest BCUT2D eigenvalue weighted by molar-refractivity contribution is 0.600. The molecule has 7 heteroatoms. The zero-order valence-corrected chi connectivity index (χ0v) is 13.4. The second kappa shape index (κ2) is 6.55. The van der Waals surface area contributed by atoms with E-state index in [9.17, 15) is 12.8 Å². The molecule has 21 heavy (non-hydrogen) atoms. The van der Waals surface area contributed by atoms with Crippen molar-refractivity contribution >= 4 is 27.0 Å². The number of sulfonamides is 1. The largest absolute Gasteiger partial charge is 0.313 e. The molecule has 0 spiro atoms. The Labute approximate surface area is 128 Å². The average Bonchev–Trinajstić information content (AvgIpc) is 2.90. The van der Waals surface area contributed by atoms with Crippen LogP contribution in [-0.4, -0.2) is 15.0 Å². The quantitative estimate of drug-likeness (QED) is 0.856. The molecule has 114 valence electrons. The SMILES string of the molecule is CCNCc1csc(S(=O)(=O)Nc2cc(C)ccc2F)c1. The monoisotopic (exact) mass is 328 g/mol. The third kappa shape index (κ3) is 4.03. The number of nitrogens with one attached hydrogen (secondary N) is 2. The molecule has 1 aromatic carbocycles. The summed E-state index contributed by atoms with van der Waals surface area (Å²) in [5, 5.41) is 4.91. The molecular weight excluding hydrogens is 311 g/mol. The highest BCUT2D eigenvalue weighted by Crippen LogP contribution is 2.25. The van der Waals surface area contributed by atoms with Crippen LogP contribution in [0.1, 0.15) is 18.1 Å². The molecule has 0 aliphatic carbocycles. The first-order valence-electron chi connectivity index (χ1n) is 6.49. The maximum Gasteiger partial charge on any atom is 0.271 e. The third-order valence-electron chi connectivity index (χ3n) is 2.84. The number of hydrogen-bond acceptors (Lipinski definition) is 4. The number of halogens is 1. The van der Waals surface area contributed by atoms with Gasteiger partial charge in [0.15, 0.2) is 0 Å². The van der Waals surface area contributed by atoms with Crippen LogP contribution in [0.3, 0.4) is 0 Å². The molecule has 1 heterocycles. The number of aryl methyl sites for hydroxylation is 1. The van der Waals surface area contributed by atoms with Gasteiger partial charge in [-0.1, -0.05) is 13.0 Å². The summed E-state index contributed by atoms with van der Waals surface area (Å²) in [7, 11) is -3.76.